The van der Waals surface area contributed by atoms with Crippen molar-refractivity contribution in [2.45, 2.75) is 30.8 Å². The molecule has 1 aromatic rings. The maximum absolute atomic E-state index is 12.6. The number of carbonyl (C=O) groups excluding carboxylic acids is 1. The van der Waals surface area contributed by atoms with Gasteiger partial charge in [0.05, 0.1) is 11.5 Å². The second-order valence-electron chi connectivity index (χ2n) is 6.35. The molecule has 2 rings (SSSR count). The predicted molar refractivity (Wildman–Crippen MR) is 99.3 cm³/mol. The fourth-order valence-electron chi connectivity index (χ4n) is 2.82. The summed E-state index contributed by atoms with van der Waals surface area (Å²) in [5.74, 6) is 1.17. The average molecular weight is 371 g/mol. The summed E-state index contributed by atoms with van der Waals surface area (Å²) in [7, 11) is -3.17. The summed E-state index contributed by atoms with van der Waals surface area (Å²) in [6.45, 7) is 3.77. The Morgan fingerprint density at radius 3 is 2.75 bits per heavy atom. The summed E-state index contributed by atoms with van der Waals surface area (Å²) in [4.78, 5) is 14.5. The minimum atomic E-state index is -3.17. The topological polar surface area (TPSA) is 66.5 Å². The number of benzene rings is 1. The van der Waals surface area contributed by atoms with Crippen LogP contribution in [0, 0.1) is 5.92 Å². The van der Waals surface area contributed by atoms with Crippen LogP contribution >= 0.6 is 11.8 Å². The number of piperidine rings is 1. The molecule has 0 spiro atoms. The van der Waals surface area contributed by atoms with Gasteiger partial charge in [-0.2, -0.15) is 0 Å². The number of rotatable bonds is 7. The van der Waals surface area contributed by atoms with E-state index in [1.165, 1.54) is 11.8 Å². The fourth-order valence-corrected chi connectivity index (χ4v) is 4.29. The molecular weight excluding hydrogens is 344 g/mol. The lowest BCUT2D eigenvalue weighted by Crippen LogP contribution is -2.46. The Hall–Kier alpha value is -1.05. The molecule has 1 N–H and O–H groups in total. The zero-order valence-electron chi connectivity index (χ0n) is 14.3. The van der Waals surface area contributed by atoms with Crippen LogP contribution in [0.5, 0.6) is 0 Å². The van der Waals surface area contributed by atoms with E-state index in [0.29, 0.717) is 13.1 Å². The van der Waals surface area contributed by atoms with Gasteiger partial charge in [0.2, 0.25) is 15.9 Å². The summed E-state index contributed by atoms with van der Waals surface area (Å²) < 4.78 is 25.0. The third kappa shape index (κ3) is 6.45. The molecule has 1 amide bonds. The van der Waals surface area contributed by atoms with Crippen molar-refractivity contribution in [1.82, 2.24) is 9.62 Å². The van der Waals surface area contributed by atoms with E-state index in [-0.39, 0.29) is 17.1 Å². The molecule has 1 aromatic carbocycles. The third-order valence-corrected chi connectivity index (χ3v) is 6.05. The van der Waals surface area contributed by atoms with Crippen LogP contribution < -0.4 is 4.72 Å². The van der Waals surface area contributed by atoms with Gasteiger partial charge in [-0.25, -0.2) is 13.1 Å². The molecule has 1 fully saturated rings. The highest BCUT2D eigenvalue weighted by Crippen LogP contribution is 2.23. The Kier molecular flexibility index (Phi) is 7.13. The van der Waals surface area contributed by atoms with Crippen molar-refractivity contribution in [2.24, 2.45) is 5.92 Å². The minimum absolute atomic E-state index is 0.0909. The maximum Gasteiger partial charge on any atom is 0.235 e. The first-order chi connectivity index (χ1) is 11.3. The van der Waals surface area contributed by atoms with Gasteiger partial charge in [-0.1, -0.05) is 30.3 Å². The van der Waals surface area contributed by atoms with E-state index in [4.69, 9.17) is 0 Å². The standard InChI is InChI=1S/C17H26N2O3S2/c1-14(23-13-15-7-4-3-5-8-15)17(20)19-10-6-9-16(12-19)11-18-24(2,21)22/h3-5,7-8,14,16,18H,6,9-13H2,1-2H3/t14-,16-/m1/s1. The second kappa shape index (κ2) is 8.87. The maximum atomic E-state index is 12.6. The summed E-state index contributed by atoms with van der Waals surface area (Å²) >= 11 is 1.65. The summed E-state index contributed by atoms with van der Waals surface area (Å²) in [6, 6.07) is 10.1. The Labute approximate surface area is 149 Å². The number of carbonyl (C=O) groups is 1. The van der Waals surface area contributed by atoms with Gasteiger partial charge in [-0.3, -0.25) is 4.79 Å². The van der Waals surface area contributed by atoms with E-state index >= 15 is 0 Å². The van der Waals surface area contributed by atoms with Gasteiger partial charge < -0.3 is 4.90 Å². The lowest BCUT2D eigenvalue weighted by molar-refractivity contribution is -0.132. The molecule has 0 bridgehead atoms. The van der Waals surface area contributed by atoms with E-state index in [9.17, 15) is 13.2 Å². The van der Waals surface area contributed by atoms with Gasteiger partial charge >= 0.3 is 0 Å². The molecule has 7 heteroatoms. The van der Waals surface area contributed by atoms with E-state index in [2.05, 4.69) is 16.9 Å². The highest BCUT2D eigenvalue weighted by atomic mass is 32.2. The molecule has 2 atom stereocenters. The highest BCUT2D eigenvalue weighted by Gasteiger charge is 2.27. The minimum Gasteiger partial charge on any atom is -0.341 e. The zero-order valence-corrected chi connectivity index (χ0v) is 15.9. The number of hydrogen-bond donors (Lipinski definition) is 1. The van der Waals surface area contributed by atoms with Crippen molar-refractivity contribution in [3.05, 3.63) is 35.9 Å². The van der Waals surface area contributed by atoms with E-state index in [1.807, 2.05) is 30.0 Å². The van der Waals surface area contributed by atoms with Crippen molar-refractivity contribution >= 4 is 27.7 Å². The van der Waals surface area contributed by atoms with Crippen molar-refractivity contribution in [1.29, 1.82) is 0 Å². The second-order valence-corrected chi connectivity index (χ2v) is 9.51. The molecule has 0 aliphatic carbocycles. The van der Waals surface area contributed by atoms with Crippen LogP contribution in [0.1, 0.15) is 25.3 Å². The van der Waals surface area contributed by atoms with Gasteiger partial charge in [0, 0.05) is 25.4 Å². The molecule has 0 unspecified atom stereocenters. The van der Waals surface area contributed by atoms with E-state index in [1.54, 1.807) is 11.8 Å². The monoisotopic (exact) mass is 370 g/mol. The van der Waals surface area contributed by atoms with Crippen molar-refractivity contribution in [3.63, 3.8) is 0 Å². The van der Waals surface area contributed by atoms with Gasteiger partial charge in [0.1, 0.15) is 0 Å². The Morgan fingerprint density at radius 1 is 1.38 bits per heavy atom. The fraction of sp³-hybridized carbons (Fsp3) is 0.588. The quantitative estimate of drug-likeness (QED) is 0.798. The lowest BCUT2D eigenvalue weighted by Gasteiger charge is -2.34. The van der Waals surface area contributed by atoms with Crippen LogP contribution in [0.3, 0.4) is 0 Å². The first-order valence-electron chi connectivity index (χ1n) is 8.24. The number of likely N-dealkylation sites (tertiary alicyclic amines) is 1. The predicted octanol–water partition coefficient (Wildman–Crippen LogP) is 2.10. The van der Waals surface area contributed by atoms with E-state index < -0.39 is 10.0 Å². The molecule has 0 aromatic heterocycles. The zero-order chi connectivity index (χ0) is 17.6. The molecule has 1 aliphatic heterocycles. The van der Waals surface area contributed by atoms with Crippen molar-refractivity contribution in [2.75, 3.05) is 25.9 Å². The number of thioether (sulfide) groups is 1. The Bertz CT molecular complexity index is 634. The van der Waals surface area contributed by atoms with Crippen LogP contribution in [0.15, 0.2) is 30.3 Å². The van der Waals surface area contributed by atoms with Gasteiger partial charge in [0.25, 0.3) is 0 Å². The largest absolute Gasteiger partial charge is 0.341 e. The molecule has 24 heavy (non-hydrogen) atoms. The molecule has 0 radical (unpaired) electrons. The van der Waals surface area contributed by atoms with Crippen molar-refractivity contribution in [3.8, 4) is 0 Å². The molecule has 5 nitrogen and oxygen atoms in total. The molecule has 1 aliphatic rings. The Morgan fingerprint density at radius 2 is 2.08 bits per heavy atom. The first kappa shape index (κ1) is 19.3. The van der Waals surface area contributed by atoms with Crippen LogP contribution in [0.4, 0.5) is 0 Å². The SMILES string of the molecule is C[C@@H](SCc1ccccc1)C(=O)N1CCC[C@H](CNS(C)(=O)=O)C1. The normalized spacial score (nSPS) is 19.9. The Balaban J connectivity index is 1.82. The van der Waals surface area contributed by atoms with Gasteiger partial charge in [-0.05, 0) is 31.2 Å². The van der Waals surface area contributed by atoms with Gasteiger partial charge in [0.15, 0.2) is 0 Å². The van der Waals surface area contributed by atoms with Crippen LogP contribution in [-0.4, -0.2) is 50.4 Å². The summed E-state index contributed by atoms with van der Waals surface area (Å²) in [6.07, 6.45) is 3.05. The molecule has 1 heterocycles. The lowest BCUT2D eigenvalue weighted by atomic mass is 9.98. The van der Waals surface area contributed by atoms with E-state index in [0.717, 1.165) is 25.1 Å². The number of sulfonamides is 1. The third-order valence-electron chi connectivity index (χ3n) is 4.16. The smallest absolute Gasteiger partial charge is 0.235 e. The average Bonchev–Trinajstić information content (AvgIpc) is 2.58. The molecule has 134 valence electrons. The molecule has 1 saturated heterocycles. The number of hydrogen-bond acceptors (Lipinski definition) is 4. The van der Waals surface area contributed by atoms with Crippen LogP contribution in [0.25, 0.3) is 0 Å². The van der Waals surface area contributed by atoms with Crippen LogP contribution in [0.2, 0.25) is 0 Å². The number of nitrogens with zero attached hydrogens (tertiary/aromatic N) is 1. The number of nitrogens with one attached hydrogen (secondary N) is 1. The van der Waals surface area contributed by atoms with Gasteiger partial charge in [-0.15, -0.1) is 11.8 Å². The molecular formula is C17H26N2O3S2. The first-order valence-corrected chi connectivity index (χ1v) is 11.2. The van der Waals surface area contributed by atoms with Crippen molar-refractivity contribution < 1.29 is 13.2 Å². The number of amides is 1. The molecule has 0 saturated carbocycles. The van der Waals surface area contributed by atoms with Crippen LogP contribution in [-0.2, 0) is 20.6 Å². The summed E-state index contributed by atoms with van der Waals surface area (Å²) in [5, 5.41) is -0.0909. The summed E-state index contributed by atoms with van der Waals surface area (Å²) in [5.41, 5.74) is 1.22. The highest BCUT2D eigenvalue weighted by molar-refractivity contribution is 7.99.